The van der Waals surface area contributed by atoms with E-state index < -0.39 is 0 Å². The summed E-state index contributed by atoms with van der Waals surface area (Å²) in [6.45, 7) is 21.2. The van der Waals surface area contributed by atoms with Gasteiger partial charge in [0, 0.05) is 36.0 Å². The summed E-state index contributed by atoms with van der Waals surface area (Å²) in [5.41, 5.74) is 0.288. The van der Waals surface area contributed by atoms with Gasteiger partial charge in [0.1, 0.15) is 12.2 Å². The van der Waals surface area contributed by atoms with Gasteiger partial charge in [0.15, 0.2) is 0 Å². The number of esters is 2. The van der Waals surface area contributed by atoms with Gasteiger partial charge in [-0.2, -0.15) is 0 Å². The van der Waals surface area contributed by atoms with E-state index in [1.165, 1.54) is 12.8 Å². The number of carbonyl (C=O) groups is 2. The highest BCUT2D eigenvalue weighted by atomic mass is 16.6. The first kappa shape index (κ1) is 28.0. The van der Waals surface area contributed by atoms with Crippen molar-refractivity contribution >= 4 is 11.9 Å². The summed E-state index contributed by atoms with van der Waals surface area (Å²) in [6.07, 6.45) is 11.0. The summed E-state index contributed by atoms with van der Waals surface area (Å²) in [5, 5.41) is 0. The predicted molar refractivity (Wildman–Crippen MR) is 151 cm³/mol. The summed E-state index contributed by atoms with van der Waals surface area (Å²) in [5.74, 6) is 1.24. The molecule has 39 heavy (non-hydrogen) atoms. The maximum Gasteiger partial charge on any atom is 0.302 e. The normalized spacial score (nSPS) is 52.9. The molecule has 1 aliphatic heterocycles. The summed E-state index contributed by atoms with van der Waals surface area (Å²) in [4.78, 5) is 24.5. The average molecular weight is 543 g/mol. The van der Waals surface area contributed by atoms with Crippen LogP contribution >= 0.6 is 0 Å². The van der Waals surface area contributed by atoms with E-state index in [-0.39, 0.29) is 62.2 Å². The number of ether oxygens (including phenoxy) is 3. The Labute approximate surface area is 236 Å². The third-order valence-corrected chi connectivity index (χ3v) is 14.7. The standard InChI is InChI=1S/C34H54O5/c1-21(35)38-26-12-13-30(7)23(29(26,5)6)10-14-31(8)24(30)11-15-34-25-18-28(3,4)16-17-33(25,20-37-34)27(39-22(2)36)19-32(31,34)9/h23-27H,10-20H2,1-9H3/t23?,24?,25?,26-,27+,30-,31+,32-,33?,34-/m0/s1. The maximum absolute atomic E-state index is 12.5. The monoisotopic (exact) mass is 542 g/mol. The Morgan fingerprint density at radius 2 is 1.33 bits per heavy atom. The Bertz CT molecular complexity index is 1060. The third kappa shape index (κ3) is 3.40. The summed E-state index contributed by atoms with van der Waals surface area (Å²) >= 11 is 0. The van der Waals surface area contributed by atoms with Crippen LogP contribution in [0.4, 0.5) is 0 Å². The lowest BCUT2D eigenvalue weighted by Crippen LogP contribution is -2.74. The van der Waals surface area contributed by atoms with E-state index in [1.807, 2.05) is 0 Å². The van der Waals surface area contributed by atoms with Crippen molar-refractivity contribution < 1.29 is 23.8 Å². The zero-order chi connectivity index (χ0) is 28.4. The van der Waals surface area contributed by atoms with Gasteiger partial charge < -0.3 is 14.2 Å². The van der Waals surface area contributed by atoms with Crippen molar-refractivity contribution in [3.05, 3.63) is 0 Å². The van der Waals surface area contributed by atoms with Gasteiger partial charge in [0.2, 0.25) is 0 Å². The van der Waals surface area contributed by atoms with Crippen LogP contribution in [0.1, 0.15) is 127 Å². The summed E-state index contributed by atoms with van der Waals surface area (Å²) in [7, 11) is 0. The highest BCUT2D eigenvalue weighted by Crippen LogP contribution is 2.80. The number of hydrogen-bond acceptors (Lipinski definition) is 5. The Morgan fingerprint density at radius 1 is 0.692 bits per heavy atom. The molecule has 5 aliphatic carbocycles. The minimum Gasteiger partial charge on any atom is -0.462 e. The number of fused-ring (bicyclic) bond motifs is 4. The van der Waals surface area contributed by atoms with Gasteiger partial charge in [0.25, 0.3) is 0 Å². The smallest absolute Gasteiger partial charge is 0.302 e. The number of carbonyl (C=O) groups excluding carboxylic acids is 2. The minimum absolute atomic E-state index is 0.00534. The highest BCUT2D eigenvalue weighted by Gasteiger charge is 2.80. The molecule has 6 fully saturated rings. The van der Waals surface area contributed by atoms with Crippen molar-refractivity contribution in [2.24, 2.45) is 50.2 Å². The lowest BCUT2D eigenvalue weighted by Gasteiger charge is -2.75. The second kappa shape index (κ2) is 8.26. The zero-order valence-electron chi connectivity index (χ0n) is 26.2. The van der Waals surface area contributed by atoms with Crippen LogP contribution in [0.2, 0.25) is 0 Å². The van der Waals surface area contributed by atoms with Crippen molar-refractivity contribution in [3.63, 3.8) is 0 Å². The summed E-state index contributed by atoms with van der Waals surface area (Å²) in [6, 6.07) is 0. The highest BCUT2D eigenvalue weighted by molar-refractivity contribution is 5.66. The average Bonchev–Trinajstić information content (AvgIpc) is 3.07. The molecule has 4 unspecified atom stereocenters. The zero-order valence-corrected chi connectivity index (χ0v) is 26.2. The van der Waals surface area contributed by atoms with E-state index >= 15 is 0 Å². The van der Waals surface area contributed by atoms with Gasteiger partial charge in [-0.25, -0.2) is 0 Å². The molecule has 0 aromatic rings. The van der Waals surface area contributed by atoms with E-state index in [1.54, 1.807) is 13.8 Å². The van der Waals surface area contributed by atoms with Crippen molar-refractivity contribution in [3.8, 4) is 0 Å². The van der Waals surface area contributed by atoms with Crippen LogP contribution in [0.5, 0.6) is 0 Å². The minimum atomic E-state index is -0.152. The molecular formula is C34H54O5. The quantitative estimate of drug-likeness (QED) is 0.338. The van der Waals surface area contributed by atoms with Crippen molar-refractivity contribution in [1.29, 1.82) is 0 Å². The first-order valence-corrected chi connectivity index (χ1v) is 16.0. The molecule has 0 radical (unpaired) electrons. The fourth-order valence-corrected chi connectivity index (χ4v) is 12.7. The molecule has 5 saturated carbocycles. The van der Waals surface area contributed by atoms with Crippen LogP contribution in [0.3, 0.4) is 0 Å². The molecule has 2 bridgehead atoms. The second-order valence-corrected chi connectivity index (χ2v) is 17.0. The van der Waals surface area contributed by atoms with Crippen LogP contribution in [0.25, 0.3) is 0 Å². The SMILES string of the molecule is CC(=O)O[C@H]1CC[C@@]2(C)C(CC[C@]3(C)C2CC[C@]24OCC5(CCC(C)(C)CC52)[C@H](OC(C)=O)C[C@]43C)C1(C)C. The van der Waals surface area contributed by atoms with E-state index in [0.29, 0.717) is 17.8 Å². The fourth-order valence-electron chi connectivity index (χ4n) is 12.7. The van der Waals surface area contributed by atoms with Gasteiger partial charge in [-0.1, -0.05) is 48.5 Å². The Balaban J connectivity index is 1.43. The summed E-state index contributed by atoms with van der Waals surface area (Å²) < 4.78 is 19.5. The molecule has 5 heteroatoms. The number of hydrogen-bond donors (Lipinski definition) is 0. The molecule has 1 spiro atoms. The Morgan fingerprint density at radius 3 is 2.00 bits per heavy atom. The van der Waals surface area contributed by atoms with Crippen LogP contribution in [0.15, 0.2) is 0 Å². The number of rotatable bonds is 2. The van der Waals surface area contributed by atoms with Crippen LogP contribution in [0, 0.1) is 50.2 Å². The van der Waals surface area contributed by atoms with E-state index in [2.05, 4.69) is 48.5 Å². The van der Waals surface area contributed by atoms with E-state index in [4.69, 9.17) is 14.2 Å². The molecular weight excluding hydrogens is 488 g/mol. The van der Waals surface area contributed by atoms with Gasteiger partial charge in [0.05, 0.1) is 12.2 Å². The topological polar surface area (TPSA) is 61.8 Å². The lowest BCUT2D eigenvalue weighted by atomic mass is 9.30. The molecule has 220 valence electrons. The van der Waals surface area contributed by atoms with Crippen LogP contribution < -0.4 is 0 Å². The van der Waals surface area contributed by atoms with Crippen molar-refractivity contribution in [2.45, 2.75) is 144 Å². The first-order chi connectivity index (χ1) is 18.0. The molecule has 0 N–H and O–H groups in total. The molecule has 0 aromatic carbocycles. The Kier molecular flexibility index (Phi) is 5.94. The van der Waals surface area contributed by atoms with E-state index in [0.717, 1.165) is 58.0 Å². The molecule has 1 saturated heterocycles. The molecule has 10 atom stereocenters. The van der Waals surface area contributed by atoms with Crippen molar-refractivity contribution in [2.75, 3.05) is 6.61 Å². The molecule has 1 heterocycles. The van der Waals surface area contributed by atoms with Gasteiger partial charge in [-0.15, -0.1) is 0 Å². The van der Waals surface area contributed by atoms with Crippen LogP contribution in [-0.2, 0) is 23.8 Å². The second-order valence-electron chi connectivity index (χ2n) is 17.0. The largest absolute Gasteiger partial charge is 0.462 e. The first-order valence-electron chi connectivity index (χ1n) is 16.0. The van der Waals surface area contributed by atoms with Gasteiger partial charge in [-0.05, 0) is 92.3 Å². The van der Waals surface area contributed by atoms with Gasteiger partial charge >= 0.3 is 11.9 Å². The fraction of sp³-hybridized carbons (Fsp3) is 0.941. The Hall–Kier alpha value is -1.10. The third-order valence-electron chi connectivity index (χ3n) is 14.7. The van der Waals surface area contributed by atoms with E-state index in [9.17, 15) is 9.59 Å². The molecule has 5 nitrogen and oxygen atoms in total. The molecule has 6 rings (SSSR count). The van der Waals surface area contributed by atoms with Crippen molar-refractivity contribution in [1.82, 2.24) is 0 Å². The lowest BCUT2D eigenvalue weighted by molar-refractivity contribution is -0.299. The molecule has 6 aliphatic rings. The maximum atomic E-state index is 12.5. The van der Waals surface area contributed by atoms with Gasteiger partial charge in [-0.3, -0.25) is 9.59 Å². The van der Waals surface area contributed by atoms with Crippen LogP contribution in [-0.4, -0.2) is 36.4 Å². The molecule has 0 amide bonds. The molecule has 0 aromatic heterocycles. The predicted octanol–water partition coefficient (Wildman–Crippen LogP) is 7.49.